The second-order valence-electron chi connectivity index (χ2n) is 6.42. The molecule has 27 heavy (non-hydrogen) atoms. The normalized spacial score (nSPS) is 13.1. The zero-order valence-electron chi connectivity index (χ0n) is 15.6. The van der Waals surface area contributed by atoms with Gasteiger partial charge in [-0.25, -0.2) is 17.7 Å². The van der Waals surface area contributed by atoms with E-state index in [0.717, 1.165) is 19.5 Å². The molecule has 0 radical (unpaired) electrons. The molecule has 142 valence electrons. The number of para-hydroxylation sites is 1. The largest absolute Gasteiger partial charge is 0.333 e. The SMILES string of the molecule is C[C@H](c1nc2ccccc2s1)N(C)C(=O)c1ccc(S(=O)(=O)N(C)C)cc1. The Morgan fingerprint density at radius 2 is 1.67 bits per heavy atom. The molecule has 1 atom stereocenters. The van der Waals surface area contributed by atoms with Gasteiger partial charge >= 0.3 is 0 Å². The number of nitrogens with zero attached hydrogens (tertiary/aromatic N) is 3. The van der Waals surface area contributed by atoms with Crippen molar-refractivity contribution in [2.45, 2.75) is 17.9 Å². The Hall–Kier alpha value is -2.29. The minimum absolute atomic E-state index is 0.158. The summed E-state index contributed by atoms with van der Waals surface area (Å²) in [6.45, 7) is 1.93. The number of carbonyl (C=O) groups excluding carboxylic acids is 1. The van der Waals surface area contributed by atoms with E-state index in [4.69, 9.17) is 0 Å². The highest BCUT2D eigenvalue weighted by atomic mass is 32.2. The highest BCUT2D eigenvalue weighted by Crippen LogP contribution is 2.29. The summed E-state index contributed by atoms with van der Waals surface area (Å²) < 4.78 is 26.5. The average molecular weight is 404 g/mol. The van der Waals surface area contributed by atoms with Crippen LogP contribution in [0.4, 0.5) is 0 Å². The summed E-state index contributed by atoms with van der Waals surface area (Å²) in [6.07, 6.45) is 0. The number of fused-ring (bicyclic) bond motifs is 1. The minimum atomic E-state index is -3.51. The molecule has 1 amide bonds. The molecular formula is C19H21N3O3S2. The Balaban J connectivity index is 1.82. The first-order chi connectivity index (χ1) is 12.7. The van der Waals surface area contributed by atoms with Crippen molar-refractivity contribution in [3.05, 3.63) is 59.1 Å². The van der Waals surface area contributed by atoms with Gasteiger partial charge in [0, 0.05) is 26.7 Å². The van der Waals surface area contributed by atoms with Gasteiger partial charge in [-0.15, -0.1) is 11.3 Å². The van der Waals surface area contributed by atoms with Crippen molar-refractivity contribution >= 4 is 37.5 Å². The lowest BCUT2D eigenvalue weighted by molar-refractivity contribution is 0.0742. The molecule has 1 aromatic heterocycles. The molecule has 0 fully saturated rings. The van der Waals surface area contributed by atoms with E-state index in [0.29, 0.717) is 5.56 Å². The lowest BCUT2D eigenvalue weighted by Gasteiger charge is -2.23. The maximum absolute atomic E-state index is 12.8. The van der Waals surface area contributed by atoms with Crippen molar-refractivity contribution in [1.29, 1.82) is 0 Å². The van der Waals surface area contributed by atoms with Gasteiger partial charge in [0.2, 0.25) is 10.0 Å². The average Bonchev–Trinajstić information content (AvgIpc) is 3.10. The summed E-state index contributed by atoms with van der Waals surface area (Å²) in [5, 5.41) is 0.860. The van der Waals surface area contributed by atoms with Gasteiger partial charge in [0.25, 0.3) is 5.91 Å². The lowest BCUT2D eigenvalue weighted by atomic mass is 10.2. The number of benzene rings is 2. The lowest BCUT2D eigenvalue weighted by Crippen LogP contribution is -2.29. The number of sulfonamides is 1. The van der Waals surface area contributed by atoms with E-state index in [2.05, 4.69) is 4.98 Å². The summed E-state index contributed by atoms with van der Waals surface area (Å²) in [5.74, 6) is -0.185. The third-order valence-corrected chi connectivity index (χ3v) is 7.48. The van der Waals surface area contributed by atoms with Crippen molar-refractivity contribution in [3.63, 3.8) is 0 Å². The molecule has 0 bridgehead atoms. The Kier molecular flexibility index (Phi) is 5.32. The van der Waals surface area contributed by atoms with Crippen LogP contribution >= 0.6 is 11.3 Å². The first kappa shape index (κ1) is 19.5. The van der Waals surface area contributed by atoms with Gasteiger partial charge < -0.3 is 4.90 Å². The zero-order valence-corrected chi connectivity index (χ0v) is 17.2. The third kappa shape index (κ3) is 3.73. The molecule has 0 saturated heterocycles. The standard InChI is InChI=1S/C19H21N3O3S2/c1-13(18-20-16-7-5-6-8-17(16)26-18)22(4)19(23)14-9-11-15(12-10-14)27(24,25)21(2)3/h5-13H,1-4H3/t13-/m1/s1. The van der Waals surface area contributed by atoms with Gasteiger partial charge in [0.1, 0.15) is 5.01 Å². The fourth-order valence-corrected chi connectivity index (χ4v) is 4.56. The Bertz CT molecular complexity index is 1040. The van der Waals surface area contributed by atoms with E-state index in [-0.39, 0.29) is 16.8 Å². The van der Waals surface area contributed by atoms with Crippen LogP contribution in [0.3, 0.4) is 0 Å². The number of hydrogen-bond donors (Lipinski definition) is 0. The fourth-order valence-electron chi connectivity index (χ4n) is 2.59. The van der Waals surface area contributed by atoms with Crippen molar-refractivity contribution in [2.24, 2.45) is 0 Å². The van der Waals surface area contributed by atoms with Crippen molar-refractivity contribution in [2.75, 3.05) is 21.1 Å². The molecule has 0 aliphatic heterocycles. The summed E-state index contributed by atoms with van der Waals surface area (Å²) in [6, 6.07) is 13.7. The molecule has 3 aromatic rings. The maximum Gasteiger partial charge on any atom is 0.254 e. The van der Waals surface area contributed by atoms with Gasteiger partial charge in [-0.3, -0.25) is 4.79 Å². The number of rotatable bonds is 5. The van der Waals surface area contributed by atoms with Crippen LogP contribution in [0.1, 0.15) is 28.3 Å². The number of amides is 1. The molecule has 0 saturated carbocycles. The second kappa shape index (κ2) is 7.38. The third-order valence-electron chi connectivity index (χ3n) is 4.45. The molecule has 0 N–H and O–H groups in total. The van der Waals surface area contributed by atoms with Crippen LogP contribution in [0, 0.1) is 0 Å². The quantitative estimate of drug-likeness (QED) is 0.655. The van der Waals surface area contributed by atoms with E-state index in [9.17, 15) is 13.2 Å². The van der Waals surface area contributed by atoms with Crippen molar-refractivity contribution in [1.82, 2.24) is 14.2 Å². The maximum atomic E-state index is 12.8. The first-order valence-corrected chi connectivity index (χ1v) is 10.6. The molecule has 0 aliphatic rings. The molecule has 0 spiro atoms. The zero-order chi connectivity index (χ0) is 19.8. The minimum Gasteiger partial charge on any atom is -0.333 e. The van der Waals surface area contributed by atoms with Crippen LogP contribution in [0.15, 0.2) is 53.4 Å². The monoisotopic (exact) mass is 403 g/mol. The van der Waals surface area contributed by atoms with Gasteiger partial charge in [0.15, 0.2) is 0 Å². The number of carbonyl (C=O) groups is 1. The first-order valence-electron chi connectivity index (χ1n) is 8.37. The van der Waals surface area contributed by atoms with Crippen LogP contribution in [0.5, 0.6) is 0 Å². The summed E-state index contributed by atoms with van der Waals surface area (Å²) in [7, 11) is 1.16. The molecular weight excluding hydrogens is 382 g/mol. The highest BCUT2D eigenvalue weighted by Gasteiger charge is 2.23. The molecule has 0 unspecified atom stereocenters. The van der Waals surface area contributed by atoms with E-state index in [1.807, 2.05) is 31.2 Å². The van der Waals surface area contributed by atoms with Gasteiger partial charge in [-0.2, -0.15) is 0 Å². The van der Waals surface area contributed by atoms with Crippen LogP contribution < -0.4 is 0 Å². The van der Waals surface area contributed by atoms with Crippen LogP contribution in [0.2, 0.25) is 0 Å². The highest BCUT2D eigenvalue weighted by molar-refractivity contribution is 7.89. The predicted octanol–water partition coefficient (Wildman–Crippen LogP) is 3.38. The van der Waals surface area contributed by atoms with Gasteiger partial charge in [-0.05, 0) is 43.3 Å². The summed E-state index contributed by atoms with van der Waals surface area (Å²) in [4.78, 5) is 19.2. The molecule has 3 rings (SSSR count). The predicted molar refractivity (Wildman–Crippen MR) is 107 cm³/mol. The number of aromatic nitrogens is 1. The molecule has 0 aliphatic carbocycles. The molecule has 1 heterocycles. The van der Waals surface area contributed by atoms with Crippen molar-refractivity contribution in [3.8, 4) is 0 Å². The van der Waals surface area contributed by atoms with E-state index in [1.54, 1.807) is 35.4 Å². The summed E-state index contributed by atoms with van der Waals surface area (Å²) in [5.41, 5.74) is 1.35. The second-order valence-corrected chi connectivity index (χ2v) is 9.64. The van der Waals surface area contributed by atoms with Gasteiger partial charge in [0.05, 0.1) is 21.2 Å². The smallest absolute Gasteiger partial charge is 0.254 e. The van der Waals surface area contributed by atoms with Crippen LogP contribution in [-0.4, -0.2) is 49.7 Å². The van der Waals surface area contributed by atoms with Crippen LogP contribution in [-0.2, 0) is 10.0 Å². The van der Waals surface area contributed by atoms with E-state index < -0.39 is 10.0 Å². The molecule has 2 aromatic carbocycles. The molecule has 8 heteroatoms. The topological polar surface area (TPSA) is 70.6 Å². The number of hydrogen-bond acceptors (Lipinski definition) is 5. The number of thiazole rings is 1. The van der Waals surface area contributed by atoms with Crippen LogP contribution in [0.25, 0.3) is 10.2 Å². The molecule has 6 nitrogen and oxygen atoms in total. The van der Waals surface area contributed by atoms with E-state index >= 15 is 0 Å². The van der Waals surface area contributed by atoms with Crippen molar-refractivity contribution < 1.29 is 13.2 Å². The van der Waals surface area contributed by atoms with E-state index in [1.165, 1.54) is 26.2 Å². The Morgan fingerprint density at radius 1 is 1.04 bits per heavy atom. The Morgan fingerprint density at radius 3 is 2.26 bits per heavy atom. The van der Waals surface area contributed by atoms with Gasteiger partial charge in [-0.1, -0.05) is 12.1 Å². The summed E-state index contributed by atoms with van der Waals surface area (Å²) >= 11 is 1.57. The Labute approximate surface area is 163 Å². The fraction of sp³-hybridized carbons (Fsp3) is 0.263.